The SMILES string of the molecule is CCOCCOCC(O)CNC1(CC)CCC1. The molecule has 0 aromatic carbocycles. The lowest BCUT2D eigenvalue weighted by Gasteiger charge is -2.42. The lowest BCUT2D eigenvalue weighted by atomic mass is 9.75. The minimum atomic E-state index is -0.416. The Bertz CT molecular complexity index is 190. The third kappa shape index (κ3) is 5.34. The number of hydrogen-bond acceptors (Lipinski definition) is 4. The molecule has 1 rings (SSSR count). The first kappa shape index (κ1) is 14.9. The normalized spacial score (nSPS) is 19.9. The summed E-state index contributed by atoms with van der Waals surface area (Å²) in [7, 11) is 0. The molecular weight excluding hydrogens is 218 g/mol. The molecule has 0 aromatic heterocycles. The molecule has 1 aliphatic carbocycles. The summed E-state index contributed by atoms with van der Waals surface area (Å²) in [4.78, 5) is 0. The zero-order valence-corrected chi connectivity index (χ0v) is 11.2. The zero-order valence-electron chi connectivity index (χ0n) is 11.2. The zero-order chi connectivity index (χ0) is 12.6. The largest absolute Gasteiger partial charge is 0.389 e. The third-order valence-corrected chi connectivity index (χ3v) is 3.59. The minimum Gasteiger partial charge on any atom is -0.389 e. The number of aliphatic hydroxyl groups excluding tert-OH is 1. The van der Waals surface area contributed by atoms with E-state index in [1.165, 1.54) is 19.3 Å². The molecule has 1 fully saturated rings. The van der Waals surface area contributed by atoms with Crippen LogP contribution in [-0.2, 0) is 9.47 Å². The van der Waals surface area contributed by atoms with Gasteiger partial charge in [-0.1, -0.05) is 6.92 Å². The highest BCUT2D eigenvalue weighted by Crippen LogP contribution is 2.34. The fraction of sp³-hybridized carbons (Fsp3) is 1.00. The molecule has 1 aliphatic rings. The third-order valence-electron chi connectivity index (χ3n) is 3.59. The first-order valence-corrected chi connectivity index (χ1v) is 6.81. The Hall–Kier alpha value is -0.160. The van der Waals surface area contributed by atoms with Gasteiger partial charge in [-0.15, -0.1) is 0 Å². The van der Waals surface area contributed by atoms with Crippen LogP contribution in [0, 0.1) is 0 Å². The summed E-state index contributed by atoms with van der Waals surface area (Å²) < 4.78 is 10.5. The number of ether oxygens (including phenoxy) is 2. The van der Waals surface area contributed by atoms with Crippen molar-refractivity contribution in [2.45, 2.75) is 51.2 Å². The van der Waals surface area contributed by atoms with E-state index in [4.69, 9.17) is 9.47 Å². The predicted octanol–water partition coefficient (Wildman–Crippen LogP) is 1.32. The van der Waals surface area contributed by atoms with Gasteiger partial charge in [0.25, 0.3) is 0 Å². The van der Waals surface area contributed by atoms with Gasteiger partial charge in [-0.2, -0.15) is 0 Å². The van der Waals surface area contributed by atoms with Crippen molar-refractivity contribution in [3.8, 4) is 0 Å². The molecule has 102 valence electrons. The molecule has 0 amide bonds. The van der Waals surface area contributed by atoms with Gasteiger partial charge in [-0.3, -0.25) is 0 Å². The van der Waals surface area contributed by atoms with Gasteiger partial charge in [-0.05, 0) is 32.6 Å². The van der Waals surface area contributed by atoms with E-state index in [0.29, 0.717) is 38.5 Å². The summed E-state index contributed by atoms with van der Waals surface area (Å²) in [5.74, 6) is 0. The Morgan fingerprint density at radius 1 is 1.24 bits per heavy atom. The fourth-order valence-electron chi connectivity index (χ4n) is 2.13. The summed E-state index contributed by atoms with van der Waals surface area (Å²) in [5, 5.41) is 13.2. The van der Waals surface area contributed by atoms with Crippen LogP contribution in [0.5, 0.6) is 0 Å². The van der Waals surface area contributed by atoms with Crippen LogP contribution >= 0.6 is 0 Å². The molecule has 0 aliphatic heterocycles. The maximum absolute atomic E-state index is 9.76. The molecule has 4 nitrogen and oxygen atoms in total. The number of hydrogen-bond donors (Lipinski definition) is 2. The minimum absolute atomic E-state index is 0.298. The maximum atomic E-state index is 9.76. The smallest absolute Gasteiger partial charge is 0.0897 e. The highest BCUT2D eigenvalue weighted by atomic mass is 16.5. The van der Waals surface area contributed by atoms with Crippen molar-refractivity contribution in [1.82, 2.24) is 5.32 Å². The van der Waals surface area contributed by atoms with Crippen LogP contribution in [0.1, 0.15) is 39.5 Å². The molecule has 4 heteroatoms. The van der Waals surface area contributed by atoms with Gasteiger partial charge in [0.15, 0.2) is 0 Å². The van der Waals surface area contributed by atoms with E-state index in [0.717, 1.165) is 6.42 Å². The van der Waals surface area contributed by atoms with E-state index in [1.54, 1.807) is 0 Å². The molecule has 17 heavy (non-hydrogen) atoms. The molecule has 1 unspecified atom stereocenters. The first-order chi connectivity index (χ1) is 8.22. The van der Waals surface area contributed by atoms with Crippen molar-refractivity contribution in [3.63, 3.8) is 0 Å². The van der Waals surface area contributed by atoms with Crippen LogP contribution in [0.4, 0.5) is 0 Å². The second-order valence-electron chi connectivity index (χ2n) is 4.79. The van der Waals surface area contributed by atoms with E-state index in [9.17, 15) is 5.11 Å². The van der Waals surface area contributed by atoms with Gasteiger partial charge in [0, 0.05) is 18.7 Å². The topological polar surface area (TPSA) is 50.7 Å². The van der Waals surface area contributed by atoms with Crippen LogP contribution in [0.2, 0.25) is 0 Å². The van der Waals surface area contributed by atoms with Gasteiger partial charge in [0.05, 0.1) is 25.9 Å². The monoisotopic (exact) mass is 245 g/mol. The van der Waals surface area contributed by atoms with Gasteiger partial charge in [-0.25, -0.2) is 0 Å². The first-order valence-electron chi connectivity index (χ1n) is 6.81. The van der Waals surface area contributed by atoms with Gasteiger partial charge in [0.1, 0.15) is 0 Å². The summed E-state index contributed by atoms with van der Waals surface area (Å²) in [6, 6.07) is 0. The van der Waals surface area contributed by atoms with Crippen molar-refractivity contribution < 1.29 is 14.6 Å². The maximum Gasteiger partial charge on any atom is 0.0897 e. The van der Waals surface area contributed by atoms with Gasteiger partial charge >= 0.3 is 0 Å². The van der Waals surface area contributed by atoms with E-state index in [2.05, 4.69) is 12.2 Å². The Morgan fingerprint density at radius 3 is 2.47 bits per heavy atom. The molecule has 2 N–H and O–H groups in total. The van der Waals surface area contributed by atoms with Crippen molar-refractivity contribution >= 4 is 0 Å². The number of β-amino-alcohol motifs (C(OH)–C–C–N with tert-alkyl or cyclic N) is 1. The Kier molecular flexibility index (Phi) is 7.04. The second kappa shape index (κ2) is 8.03. The standard InChI is InChI=1S/C13H27NO3/c1-3-13(6-5-7-13)14-10-12(15)11-17-9-8-16-4-2/h12,14-15H,3-11H2,1-2H3. The van der Waals surface area contributed by atoms with Crippen molar-refractivity contribution in [2.24, 2.45) is 0 Å². The van der Waals surface area contributed by atoms with Crippen LogP contribution in [0.15, 0.2) is 0 Å². The van der Waals surface area contributed by atoms with Crippen molar-refractivity contribution in [3.05, 3.63) is 0 Å². The molecule has 0 heterocycles. The highest BCUT2D eigenvalue weighted by Gasteiger charge is 2.34. The molecule has 0 aromatic rings. The quantitative estimate of drug-likeness (QED) is 0.570. The van der Waals surface area contributed by atoms with E-state index >= 15 is 0 Å². The average molecular weight is 245 g/mol. The molecule has 0 saturated heterocycles. The lowest BCUT2D eigenvalue weighted by molar-refractivity contribution is 0.00140. The van der Waals surface area contributed by atoms with E-state index in [1.807, 2.05) is 6.92 Å². The van der Waals surface area contributed by atoms with Crippen LogP contribution in [0.25, 0.3) is 0 Å². The van der Waals surface area contributed by atoms with Crippen molar-refractivity contribution in [1.29, 1.82) is 0 Å². The summed E-state index contributed by atoms with van der Waals surface area (Å²) in [6.45, 7) is 7.06. The average Bonchev–Trinajstić information content (AvgIpc) is 2.28. The van der Waals surface area contributed by atoms with E-state index in [-0.39, 0.29) is 0 Å². The van der Waals surface area contributed by atoms with Gasteiger partial charge < -0.3 is 19.9 Å². The summed E-state index contributed by atoms with van der Waals surface area (Å²) in [5.41, 5.74) is 0.298. The fourth-order valence-corrected chi connectivity index (χ4v) is 2.13. The van der Waals surface area contributed by atoms with E-state index < -0.39 is 6.10 Å². The summed E-state index contributed by atoms with van der Waals surface area (Å²) >= 11 is 0. The van der Waals surface area contributed by atoms with Crippen LogP contribution in [0.3, 0.4) is 0 Å². The summed E-state index contributed by atoms with van der Waals surface area (Å²) in [6.07, 6.45) is 4.51. The van der Waals surface area contributed by atoms with Gasteiger partial charge in [0.2, 0.25) is 0 Å². The van der Waals surface area contributed by atoms with Crippen LogP contribution in [-0.4, -0.2) is 49.7 Å². The molecule has 0 spiro atoms. The van der Waals surface area contributed by atoms with Crippen molar-refractivity contribution in [2.75, 3.05) is 33.0 Å². The Balaban J connectivity index is 1.99. The molecule has 1 atom stereocenters. The number of aliphatic hydroxyl groups is 1. The Labute approximate surface area is 105 Å². The number of rotatable bonds is 10. The molecule has 0 radical (unpaired) electrons. The molecule has 0 bridgehead atoms. The highest BCUT2D eigenvalue weighted by molar-refractivity contribution is 4.94. The van der Waals surface area contributed by atoms with Crippen LogP contribution < -0.4 is 5.32 Å². The number of nitrogens with one attached hydrogen (secondary N) is 1. The second-order valence-corrected chi connectivity index (χ2v) is 4.79. The Morgan fingerprint density at radius 2 is 1.94 bits per heavy atom. The molecule has 1 saturated carbocycles. The predicted molar refractivity (Wildman–Crippen MR) is 68.2 cm³/mol. The lowest BCUT2D eigenvalue weighted by Crippen LogP contribution is -2.53. The molecular formula is C13H27NO3.